The van der Waals surface area contributed by atoms with Gasteiger partial charge in [-0.2, -0.15) is 0 Å². The number of carbonyl (C=O) groups excluding carboxylic acids is 1. The van der Waals surface area contributed by atoms with Crippen molar-refractivity contribution in [3.05, 3.63) is 53.5 Å². The van der Waals surface area contributed by atoms with E-state index in [1.165, 1.54) is 0 Å². The second kappa shape index (κ2) is 7.10. The Labute approximate surface area is 138 Å². The van der Waals surface area contributed by atoms with E-state index in [-0.39, 0.29) is 11.7 Å². The van der Waals surface area contributed by atoms with E-state index in [0.717, 1.165) is 23.5 Å². The van der Waals surface area contributed by atoms with Gasteiger partial charge in [0.15, 0.2) is 5.76 Å². The third-order valence-corrected chi connectivity index (χ3v) is 5.18. The lowest BCUT2D eigenvalue weighted by atomic mass is 10.2. The highest BCUT2D eigenvalue weighted by Gasteiger charge is 2.21. The summed E-state index contributed by atoms with van der Waals surface area (Å²) in [4.78, 5) is 14.9. The van der Waals surface area contributed by atoms with E-state index in [0.29, 0.717) is 24.6 Å². The third kappa shape index (κ3) is 3.89. The Morgan fingerprint density at radius 1 is 1.17 bits per heavy atom. The van der Waals surface area contributed by atoms with Crippen LogP contribution in [0, 0.1) is 6.92 Å². The predicted molar refractivity (Wildman–Crippen MR) is 88.8 cm³/mol. The minimum Gasteiger partial charge on any atom is -0.455 e. The van der Waals surface area contributed by atoms with Crippen molar-refractivity contribution in [2.45, 2.75) is 17.6 Å². The molecule has 0 bridgehead atoms. The molecule has 0 radical (unpaired) electrons. The minimum absolute atomic E-state index is 0.0983. The zero-order valence-corrected chi connectivity index (χ0v) is 13.9. The van der Waals surface area contributed by atoms with Gasteiger partial charge in [0.05, 0.1) is 16.6 Å². The average Bonchev–Trinajstić information content (AvgIpc) is 3.04. The maximum atomic E-state index is 12.4. The molecule has 3 rings (SSSR count). The molecule has 1 atom stereocenters. The molecule has 1 unspecified atom stereocenters. The zero-order valence-electron chi connectivity index (χ0n) is 13.1. The molecule has 1 aliphatic heterocycles. The van der Waals surface area contributed by atoms with Crippen molar-refractivity contribution >= 4 is 16.7 Å². The van der Waals surface area contributed by atoms with Crippen molar-refractivity contribution in [1.82, 2.24) is 10.2 Å². The van der Waals surface area contributed by atoms with Gasteiger partial charge in [-0.05, 0) is 31.2 Å². The van der Waals surface area contributed by atoms with Gasteiger partial charge in [-0.1, -0.05) is 17.7 Å². The quantitative estimate of drug-likeness (QED) is 0.929. The maximum absolute atomic E-state index is 12.4. The molecule has 23 heavy (non-hydrogen) atoms. The van der Waals surface area contributed by atoms with Gasteiger partial charge in [0.25, 0.3) is 5.91 Å². The van der Waals surface area contributed by atoms with Gasteiger partial charge in [-0.15, -0.1) is 0 Å². The molecule has 2 aromatic rings. The van der Waals surface area contributed by atoms with Crippen LogP contribution in [0.5, 0.6) is 0 Å². The van der Waals surface area contributed by atoms with Crippen molar-refractivity contribution in [2.75, 3.05) is 26.2 Å². The molecule has 1 aliphatic rings. The SMILES string of the molecule is Cc1ccc(S(=O)Cc2ccc(C(=O)N3CCNCC3)o2)cc1. The van der Waals surface area contributed by atoms with Crippen molar-refractivity contribution in [3.8, 4) is 0 Å². The topological polar surface area (TPSA) is 62.6 Å². The van der Waals surface area contributed by atoms with E-state index in [9.17, 15) is 9.00 Å². The Hall–Kier alpha value is -1.92. The monoisotopic (exact) mass is 332 g/mol. The molecule has 122 valence electrons. The average molecular weight is 332 g/mol. The van der Waals surface area contributed by atoms with Gasteiger partial charge in [0.1, 0.15) is 5.76 Å². The summed E-state index contributed by atoms with van der Waals surface area (Å²) in [5.41, 5.74) is 1.13. The van der Waals surface area contributed by atoms with Gasteiger partial charge < -0.3 is 14.6 Å². The normalized spacial score (nSPS) is 16.3. The lowest BCUT2D eigenvalue weighted by Crippen LogP contribution is -2.46. The lowest BCUT2D eigenvalue weighted by Gasteiger charge is -2.26. The van der Waals surface area contributed by atoms with Crippen LogP contribution in [-0.2, 0) is 16.6 Å². The number of rotatable bonds is 4. The number of hydrogen-bond acceptors (Lipinski definition) is 4. The number of nitrogens with zero attached hydrogens (tertiary/aromatic N) is 1. The number of piperazine rings is 1. The van der Waals surface area contributed by atoms with Gasteiger partial charge in [0.2, 0.25) is 0 Å². The fourth-order valence-corrected chi connectivity index (χ4v) is 3.52. The zero-order chi connectivity index (χ0) is 16.2. The molecule has 1 N–H and O–H groups in total. The van der Waals surface area contributed by atoms with E-state index in [4.69, 9.17) is 4.42 Å². The highest BCUT2D eigenvalue weighted by atomic mass is 32.2. The number of furan rings is 1. The molecule has 0 spiro atoms. The largest absolute Gasteiger partial charge is 0.455 e. The molecule has 1 fully saturated rings. The molecule has 2 heterocycles. The van der Waals surface area contributed by atoms with Gasteiger partial charge in [-0.25, -0.2) is 0 Å². The Bertz CT molecular complexity index is 703. The molecule has 6 heteroatoms. The van der Waals surface area contributed by atoms with Crippen LogP contribution in [0.1, 0.15) is 21.9 Å². The number of aryl methyl sites for hydroxylation is 1. The highest BCUT2D eigenvalue weighted by Crippen LogP contribution is 2.17. The third-order valence-electron chi connectivity index (χ3n) is 3.83. The van der Waals surface area contributed by atoms with Crippen molar-refractivity contribution in [2.24, 2.45) is 0 Å². The van der Waals surface area contributed by atoms with Gasteiger partial charge in [0, 0.05) is 31.1 Å². The molecule has 5 nitrogen and oxygen atoms in total. The second-order valence-corrected chi connectivity index (χ2v) is 7.06. The lowest BCUT2D eigenvalue weighted by molar-refractivity contribution is 0.0702. The van der Waals surface area contributed by atoms with Crippen LogP contribution in [0.3, 0.4) is 0 Å². The first-order valence-electron chi connectivity index (χ1n) is 7.67. The van der Waals surface area contributed by atoms with Crippen molar-refractivity contribution < 1.29 is 13.4 Å². The molecule has 1 aromatic heterocycles. The van der Waals surface area contributed by atoms with E-state index < -0.39 is 10.8 Å². The van der Waals surface area contributed by atoms with Crippen LogP contribution in [-0.4, -0.2) is 41.2 Å². The number of carbonyl (C=O) groups is 1. The van der Waals surface area contributed by atoms with Crippen LogP contribution in [0.2, 0.25) is 0 Å². The van der Waals surface area contributed by atoms with Crippen molar-refractivity contribution in [1.29, 1.82) is 0 Å². The number of amides is 1. The Balaban J connectivity index is 1.65. The molecule has 1 saturated heterocycles. The predicted octanol–water partition coefficient (Wildman–Crippen LogP) is 1.94. The van der Waals surface area contributed by atoms with Crippen LogP contribution in [0.4, 0.5) is 0 Å². The first-order chi connectivity index (χ1) is 11.1. The van der Waals surface area contributed by atoms with Crippen LogP contribution >= 0.6 is 0 Å². The summed E-state index contributed by atoms with van der Waals surface area (Å²) < 4.78 is 18.0. The molecular formula is C17H20N2O3S. The first kappa shape index (κ1) is 16.0. The summed E-state index contributed by atoms with van der Waals surface area (Å²) in [7, 11) is -1.18. The Morgan fingerprint density at radius 2 is 1.87 bits per heavy atom. The fraction of sp³-hybridized carbons (Fsp3) is 0.353. The summed E-state index contributed by atoms with van der Waals surface area (Å²) in [6.45, 7) is 4.97. The summed E-state index contributed by atoms with van der Waals surface area (Å²) in [6.07, 6.45) is 0. The minimum atomic E-state index is -1.18. The molecule has 0 saturated carbocycles. The Morgan fingerprint density at radius 3 is 2.57 bits per heavy atom. The van der Waals surface area contributed by atoms with E-state index in [1.54, 1.807) is 17.0 Å². The van der Waals surface area contributed by atoms with E-state index >= 15 is 0 Å². The molecule has 0 aliphatic carbocycles. The standard InChI is InChI=1S/C17H20N2O3S/c1-13-2-5-15(6-3-13)23(21)12-14-4-7-16(22-14)17(20)19-10-8-18-9-11-19/h2-7,18H,8-12H2,1H3. The summed E-state index contributed by atoms with van der Waals surface area (Å²) in [5.74, 6) is 1.07. The van der Waals surface area contributed by atoms with Gasteiger partial charge >= 0.3 is 0 Å². The summed E-state index contributed by atoms with van der Waals surface area (Å²) >= 11 is 0. The van der Waals surface area contributed by atoms with Crippen LogP contribution < -0.4 is 5.32 Å². The highest BCUT2D eigenvalue weighted by molar-refractivity contribution is 7.84. The number of benzene rings is 1. The van der Waals surface area contributed by atoms with Gasteiger partial charge in [-0.3, -0.25) is 9.00 Å². The molecule has 1 amide bonds. The van der Waals surface area contributed by atoms with E-state index in [2.05, 4.69) is 5.32 Å². The number of nitrogens with one attached hydrogen (secondary N) is 1. The molecule has 1 aromatic carbocycles. The first-order valence-corrected chi connectivity index (χ1v) is 8.99. The maximum Gasteiger partial charge on any atom is 0.289 e. The van der Waals surface area contributed by atoms with Crippen LogP contribution in [0.15, 0.2) is 45.7 Å². The Kier molecular flexibility index (Phi) is 4.93. The second-order valence-electron chi connectivity index (χ2n) is 5.61. The van der Waals surface area contributed by atoms with Crippen LogP contribution in [0.25, 0.3) is 0 Å². The number of hydrogen-bond donors (Lipinski definition) is 1. The summed E-state index contributed by atoms with van der Waals surface area (Å²) in [6, 6.07) is 11.0. The fourth-order valence-electron chi connectivity index (χ4n) is 2.50. The van der Waals surface area contributed by atoms with E-state index in [1.807, 2.05) is 31.2 Å². The van der Waals surface area contributed by atoms with Crippen molar-refractivity contribution in [3.63, 3.8) is 0 Å². The molecular weight excluding hydrogens is 312 g/mol. The summed E-state index contributed by atoms with van der Waals surface area (Å²) in [5, 5.41) is 3.21. The smallest absolute Gasteiger partial charge is 0.289 e.